The monoisotopic (exact) mass is 313 g/mol. The highest BCUT2D eigenvalue weighted by Gasteiger charge is 2.31. The Balaban J connectivity index is 1.41. The molecule has 1 saturated carbocycles. The molecule has 0 bridgehead atoms. The average Bonchev–Trinajstić information content (AvgIpc) is 3.17. The zero-order valence-corrected chi connectivity index (χ0v) is 13.3. The number of aromatic nitrogens is 4. The van der Waals surface area contributed by atoms with Gasteiger partial charge in [-0.25, -0.2) is 4.68 Å². The van der Waals surface area contributed by atoms with Gasteiger partial charge in [0.15, 0.2) is 5.82 Å². The fraction of sp³-hybridized carbons (Fsp3) is 0.588. The minimum absolute atomic E-state index is 0.398. The van der Waals surface area contributed by atoms with Crippen LogP contribution in [0.1, 0.15) is 55.6 Å². The van der Waals surface area contributed by atoms with Gasteiger partial charge in [-0.1, -0.05) is 30.3 Å². The smallest absolute Gasteiger partial charge is 0.165 e. The molecule has 1 aliphatic carbocycles. The van der Waals surface area contributed by atoms with E-state index >= 15 is 0 Å². The lowest BCUT2D eigenvalue weighted by Crippen LogP contribution is -2.31. The average molecular weight is 313 g/mol. The molecule has 2 aromatic rings. The number of hydrogen-bond donors (Lipinski definition) is 1. The number of likely N-dealkylation sites (tertiary alicyclic amines) is 1. The summed E-state index contributed by atoms with van der Waals surface area (Å²) in [4.78, 5) is 2.43. The summed E-state index contributed by atoms with van der Waals surface area (Å²) in [5.41, 5.74) is 1.00. The van der Waals surface area contributed by atoms with Crippen molar-refractivity contribution >= 4 is 0 Å². The van der Waals surface area contributed by atoms with E-state index in [1.54, 1.807) is 0 Å². The maximum atomic E-state index is 10.5. The van der Waals surface area contributed by atoms with E-state index in [0.717, 1.165) is 37.3 Å². The highest BCUT2D eigenvalue weighted by Crippen LogP contribution is 2.35. The van der Waals surface area contributed by atoms with Crippen molar-refractivity contribution in [3.8, 4) is 0 Å². The van der Waals surface area contributed by atoms with E-state index in [9.17, 15) is 5.11 Å². The molecule has 2 fully saturated rings. The first-order chi connectivity index (χ1) is 11.3. The van der Waals surface area contributed by atoms with Crippen molar-refractivity contribution in [3.05, 3.63) is 41.7 Å². The van der Waals surface area contributed by atoms with Gasteiger partial charge in [0, 0.05) is 6.04 Å². The quantitative estimate of drug-likeness (QED) is 0.884. The van der Waals surface area contributed by atoms with Crippen molar-refractivity contribution in [1.82, 2.24) is 25.1 Å². The molecule has 0 amide bonds. The highest BCUT2D eigenvalue weighted by atomic mass is 16.3. The highest BCUT2D eigenvalue weighted by molar-refractivity contribution is 5.17. The van der Waals surface area contributed by atoms with Gasteiger partial charge in [-0.2, -0.15) is 0 Å². The Hall–Kier alpha value is -1.79. The van der Waals surface area contributed by atoms with Crippen LogP contribution in [0.4, 0.5) is 0 Å². The molecule has 2 aliphatic rings. The molecular weight excluding hydrogens is 290 g/mol. The molecule has 1 aromatic carbocycles. The van der Waals surface area contributed by atoms with E-state index in [0.29, 0.717) is 12.1 Å². The van der Waals surface area contributed by atoms with Gasteiger partial charge >= 0.3 is 0 Å². The summed E-state index contributed by atoms with van der Waals surface area (Å²) in [6.45, 7) is 1.85. The molecular formula is C17H23N5O. The van der Waals surface area contributed by atoms with E-state index < -0.39 is 6.10 Å². The summed E-state index contributed by atoms with van der Waals surface area (Å²) in [6, 6.07) is 10.8. The van der Waals surface area contributed by atoms with Crippen LogP contribution in [-0.4, -0.2) is 42.8 Å². The van der Waals surface area contributed by atoms with Gasteiger partial charge in [0.25, 0.3) is 0 Å². The maximum absolute atomic E-state index is 10.5. The number of nitrogens with zero attached hydrogens (tertiary/aromatic N) is 5. The number of hydrogen-bond acceptors (Lipinski definition) is 5. The lowest BCUT2D eigenvalue weighted by atomic mass is 10.0. The van der Waals surface area contributed by atoms with E-state index in [1.165, 1.54) is 19.3 Å². The molecule has 0 radical (unpaired) electrons. The number of aliphatic hydroxyl groups excluding tert-OH is 1. The van der Waals surface area contributed by atoms with Gasteiger partial charge in [0.1, 0.15) is 0 Å². The molecule has 0 spiro atoms. The molecule has 122 valence electrons. The largest absolute Gasteiger partial charge is 0.388 e. The van der Waals surface area contributed by atoms with Crippen LogP contribution in [0, 0.1) is 0 Å². The van der Waals surface area contributed by atoms with Crippen LogP contribution in [-0.2, 0) is 6.54 Å². The van der Waals surface area contributed by atoms with Gasteiger partial charge in [-0.3, -0.25) is 4.90 Å². The lowest BCUT2D eigenvalue weighted by Gasteiger charge is -2.26. The zero-order chi connectivity index (χ0) is 15.6. The number of rotatable bonds is 6. The second-order valence-electron chi connectivity index (χ2n) is 6.70. The minimum atomic E-state index is -0.402. The van der Waals surface area contributed by atoms with Crippen LogP contribution < -0.4 is 0 Å². The molecule has 6 heteroatoms. The number of tetrazole rings is 1. The first-order valence-electron chi connectivity index (χ1n) is 8.55. The fourth-order valence-corrected chi connectivity index (χ4v) is 3.54. The summed E-state index contributed by atoms with van der Waals surface area (Å²) in [7, 11) is 0. The molecule has 1 saturated heterocycles. The van der Waals surface area contributed by atoms with Crippen LogP contribution in [0.15, 0.2) is 30.3 Å². The first-order valence-corrected chi connectivity index (χ1v) is 8.55. The minimum Gasteiger partial charge on any atom is -0.388 e. The Morgan fingerprint density at radius 1 is 1.17 bits per heavy atom. The fourth-order valence-electron chi connectivity index (χ4n) is 3.54. The Morgan fingerprint density at radius 3 is 2.78 bits per heavy atom. The maximum Gasteiger partial charge on any atom is 0.165 e. The van der Waals surface area contributed by atoms with Crippen LogP contribution in [0.2, 0.25) is 0 Å². The van der Waals surface area contributed by atoms with E-state index in [4.69, 9.17) is 0 Å². The summed E-state index contributed by atoms with van der Waals surface area (Å²) in [6.07, 6.45) is 5.06. The second-order valence-corrected chi connectivity index (χ2v) is 6.70. The van der Waals surface area contributed by atoms with Crippen molar-refractivity contribution in [1.29, 1.82) is 0 Å². The number of benzene rings is 1. The second kappa shape index (κ2) is 6.37. The van der Waals surface area contributed by atoms with Gasteiger partial charge in [0.05, 0.1) is 18.7 Å². The van der Waals surface area contributed by atoms with Crippen molar-refractivity contribution in [3.63, 3.8) is 0 Å². The third-order valence-electron chi connectivity index (χ3n) is 4.98. The van der Waals surface area contributed by atoms with Crippen LogP contribution >= 0.6 is 0 Å². The topological polar surface area (TPSA) is 67.1 Å². The van der Waals surface area contributed by atoms with Gasteiger partial charge in [0.2, 0.25) is 0 Å². The normalized spacial score (nSPS) is 23.3. The predicted octanol–water partition coefficient (Wildman–Crippen LogP) is 2.10. The molecule has 6 nitrogen and oxygen atoms in total. The van der Waals surface area contributed by atoms with Gasteiger partial charge < -0.3 is 5.11 Å². The molecule has 1 aromatic heterocycles. The lowest BCUT2D eigenvalue weighted by molar-refractivity contribution is 0.116. The Labute approximate surface area is 136 Å². The standard InChI is InChI=1S/C17H23N5O/c23-16(13-5-2-1-3-6-13)11-15-7-4-10-21(15)12-17-18-19-20-22(17)14-8-9-14/h1-3,5-6,14-16,23H,4,7-12H2. The Morgan fingerprint density at radius 2 is 2.00 bits per heavy atom. The van der Waals surface area contributed by atoms with E-state index in [-0.39, 0.29) is 0 Å². The van der Waals surface area contributed by atoms with Crippen LogP contribution in [0.3, 0.4) is 0 Å². The first kappa shape index (κ1) is 14.8. The Kier molecular flexibility index (Phi) is 4.10. The van der Waals surface area contributed by atoms with Crippen LogP contribution in [0.5, 0.6) is 0 Å². The third-order valence-corrected chi connectivity index (χ3v) is 4.98. The SMILES string of the molecule is OC(CC1CCCN1Cc1nnnn1C1CC1)c1ccccc1. The van der Waals surface area contributed by atoms with Crippen LogP contribution in [0.25, 0.3) is 0 Å². The molecule has 23 heavy (non-hydrogen) atoms. The van der Waals surface area contributed by atoms with Crippen molar-refractivity contribution < 1.29 is 5.11 Å². The summed E-state index contributed by atoms with van der Waals surface area (Å²) < 4.78 is 1.99. The summed E-state index contributed by atoms with van der Waals surface area (Å²) in [5.74, 6) is 0.966. The van der Waals surface area contributed by atoms with Crippen molar-refractivity contribution in [2.24, 2.45) is 0 Å². The molecule has 2 atom stereocenters. The third kappa shape index (κ3) is 3.28. The number of aliphatic hydroxyl groups is 1. The Bertz CT molecular complexity index is 639. The molecule has 1 N–H and O–H groups in total. The molecule has 2 heterocycles. The van der Waals surface area contributed by atoms with E-state index in [1.807, 2.05) is 35.0 Å². The van der Waals surface area contributed by atoms with Gasteiger partial charge in [-0.15, -0.1) is 5.10 Å². The summed E-state index contributed by atoms with van der Waals surface area (Å²) >= 11 is 0. The van der Waals surface area contributed by atoms with Gasteiger partial charge in [-0.05, 0) is 54.6 Å². The van der Waals surface area contributed by atoms with Crippen molar-refractivity contribution in [2.45, 2.75) is 56.8 Å². The molecule has 1 aliphatic heterocycles. The predicted molar refractivity (Wildman–Crippen MR) is 85.5 cm³/mol. The summed E-state index contributed by atoms with van der Waals surface area (Å²) in [5, 5.41) is 22.7. The molecule has 4 rings (SSSR count). The van der Waals surface area contributed by atoms with E-state index in [2.05, 4.69) is 20.4 Å². The molecule has 2 unspecified atom stereocenters. The zero-order valence-electron chi connectivity index (χ0n) is 13.3. The van der Waals surface area contributed by atoms with Crippen molar-refractivity contribution in [2.75, 3.05) is 6.54 Å².